The van der Waals surface area contributed by atoms with E-state index in [1.807, 2.05) is 0 Å². The molecule has 1 aliphatic carbocycles. The first-order chi connectivity index (χ1) is 10.1. The van der Waals surface area contributed by atoms with Crippen molar-refractivity contribution in [3.8, 4) is 0 Å². The average Bonchev–Trinajstić information content (AvgIpc) is 3.22. The molecule has 1 aromatic heterocycles. The Labute approximate surface area is 131 Å². The van der Waals surface area contributed by atoms with Gasteiger partial charge in [-0.25, -0.2) is 0 Å². The topological polar surface area (TPSA) is 24.0 Å². The molecule has 2 aliphatic rings. The molecule has 0 spiro atoms. The van der Waals surface area contributed by atoms with Crippen molar-refractivity contribution in [3.63, 3.8) is 0 Å². The second-order valence-corrected chi connectivity index (χ2v) is 7.23. The lowest BCUT2D eigenvalue weighted by Gasteiger charge is -2.35. The van der Waals surface area contributed by atoms with Crippen molar-refractivity contribution in [2.45, 2.75) is 51.7 Å². The van der Waals surface area contributed by atoms with Gasteiger partial charge in [0.1, 0.15) is 0 Å². The predicted molar refractivity (Wildman–Crippen MR) is 89.1 cm³/mol. The van der Waals surface area contributed by atoms with Crippen LogP contribution in [0.1, 0.15) is 51.3 Å². The number of benzene rings is 1. The fourth-order valence-corrected chi connectivity index (χ4v) is 4.25. The Hall–Kier alpha value is -1.13. The maximum atomic E-state index is 5.60. The third-order valence-corrected chi connectivity index (χ3v) is 5.81. The van der Waals surface area contributed by atoms with Crippen LogP contribution < -0.4 is 0 Å². The van der Waals surface area contributed by atoms with Gasteiger partial charge in [0.05, 0.1) is 11.0 Å². The Bertz CT molecular complexity index is 740. The maximum Gasteiger partial charge on any atom is 0.178 e. The van der Waals surface area contributed by atoms with Crippen LogP contribution in [-0.2, 0) is 0 Å². The molecule has 4 heteroatoms. The Kier molecular flexibility index (Phi) is 3.02. The van der Waals surface area contributed by atoms with Gasteiger partial charge in [-0.1, -0.05) is 12.1 Å². The zero-order valence-electron chi connectivity index (χ0n) is 13.0. The van der Waals surface area contributed by atoms with E-state index in [9.17, 15) is 0 Å². The smallest absolute Gasteiger partial charge is 0.178 e. The van der Waals surface area contributed by atoms with Crippen molar-refractivity contribution in [2.24, 2.45) is 5.92 Å². The number of nitrogens with one attached hydrogen (secondary N) is 1. The van der Waals surface area contributed by atoms with Crippen LogP contribution in [0.5, 0.6) is 0 Å². The Morgan fingerprint density at radius 1 is 1.19 bits per heavy atom. The van der Waals surface area contributed by atoms with Crippen LogP contribution in [0.2, 0.25) is 0 Å². The van der Waals surface area contributed by atoms with E-state index >= 15 is 0 Å². The highest BCUT2D eigenvalue weighted by atomic mass is 32.1. The monoisotopic (exact) mass is 301 g/mol. The van der Waals surface area contributed by atoms with Gasteiger partial charge in [0.25, 0.3) is 0 Å². The lowest BCUT2D eigenvalue weighted by atomic mass is 10.0. The van der Waals surface area contributed by atoms with Crippen molar-refractivity contribution in [3.05, 3.63) is 28.5 Å². The van der Waals surface area contributed by atoms with Gasteiger partial charge < -0.3 is 9.55 Å². The standard InChI is InChI=1S/C17H23N3S/c1-10-11(2)20-16-14(5-4-6-15(16)18-17(20)21)12(3)19(10)9-13-7-8-13/h4-6,10-13H,7-9H2,1-3H3,(H,18,21)/t10-,11-,12?/m0/s1. The summed E-state index contributed by atoms with van der Waals surface area (Å²) in [6.45, 7) is 8.24. The zero-order chi connectivity index (χ0) is 14.7. The number of H-pyrrole nitrogens is 1. The van der Waals surface area contributed by atoms with Gasteiger partial charge in [-0.15, -0.1) is 0 Å². The van der Waals surface area contributed by atoms with Gasteiger partial charge in [-0.2, -0.15) is 0 Å². The van der Waals surface area contributed by atoms with Crippen molar-refractivity contribution >= 4 is 23.3 Å². The fraction of sp³-hybridized carbons (Fsp3) is 0.588. The molecule has 1 aromatic carbocycles. The molecule has 1 fully saturated rings. The summed E-state index contributed by atoms with van der Waals surface area (Å²) in [5.74, 6) is 0.910. The van der Waals surface area contributed by atoms with E-state index in [0.717, 1.165) is 10.7 Å². The van der Waals surface area contributed by atoms with Crippen LogP contribution >= 0.6 is 12.2 Å². The highest BCUT2D eigenvalue weighted by Crippen LogP contribution is 2.40. The first-order valence-electron chi connectivity index (χ1n) is 8.06. The van der Waals surface area contributed by atoms with Crippen LogP contribution in [-0.4, -0.2) is 27.0 Å². The molecular formula is C17H23N3S. The summed E-state index contributed by atoms with van der Waals surface area (Å²) < 4.78 is 3.20. The van der Waals surface area contributed by atoms with Gasteiger partial charge in [-0.3, -0.25) is 4.90 Å². The van der Waals surface area contributed by atoms with E-state index in [2.05, 4.69) is 53.4 Å². The summed E-state index contributed by atoms with van der Waals surface area (Å²) in [4.78, 5) is 6.08. The Morgan fingerprint density at radius 2 is 1.95 bits per heavy atom. The number of nitrogens with zero attached hydrogens (tertiary/aromatic N) is 2. The van der Waals surface area contributed by atoms with Crippen molar-refractivity contribution in [1.29, 1.82) is 0 Å². The molecule has 0 bridgehead atoms. The minimum absolute atomic E-state index is 0.399. The third-order valence-electron chi connectivity index (χ3n) is 5.51. The molecule has 2 heterocycles. The van der Waals surface area contributed by atoms with Crippen LogP contribution in [0.3, 0.4) is 0 Å². The normalized spacial score (nSPS) is 29.8. The van der Waals surface area contributed by atoms with E-state index in [1.54, 1.807) is 0 Å². The maximum absolute atomic E-state index is 5.60. The summed E-state index contributed by atoms with van der Waals surface area (Å²) in [5, 5.41) is 0. The lowest BCUT2D eigenvalue weighted by Crippen LogP contribution is -2.39. The van der Waals surface area contributed by atoms with Gasteiger partial charge >= 0.3 is 0 Å². The largest absolute Gasteiger partial charge is 0.331 e. The lowest BCUT2D eigenvalue weighted by molar-refractivity contribution is 0.120. The van der Waals surface area contributed by atoms with Gasteiger partial charge in [-0.05, 0) is 63.4 Å². The number of hydrogen-bond donors (Lipinski definition) is 1. The SMILES string of the molecule is CC1c2cccc3[nH]c(=S)n(c23)[C@@H](C)[C@H](C)N1CC1CC1. The average molecular weight is 301 g/mol. The third kappa shape index (κ3) is 2.00. The molecule has 1 aliphatic heterocycles. The molecule has 3 nitrogen and oxygen atoms in total. The number of aromatic nitrogens is 2. The number of hydrogen-bond acceptors (Lipinski definition) is 2. The molecule has 2 aromatic rings. The number of rotatable bonds is 2. The van der Waals surface area contributed by atoms with E-state index in [1.165, 1.54) is 36.0 Å². The fourth-order valence-electron chi connectivity index (χ4n) is 3.88. The van der Waals surface area contributed by atoms with Crippen LogP contribution in [0.4, 0.5) is 0 Å². The summed E-state index contributed by atoms with van der Waals surface area (Å²) in [6, 6.07) is 7.92. The molecular weight excluding hydrogens is 278 g/mol. The molecule has 0 saturated heterocycles. The quantitative estimate of drug-likeness (QED) is 0.829. The molecule has 3 atom stereocenters. The summed E-state index contributed by atoms with van der Waals surface area (Å²) >= 11 is 5.60. The van der Waals surface area contributed by atoms with Gasteiger partial charge in [0.2, 0.25) is 0 Å². The van der Waals surface area contributed by atoms with E-state index in [0.29, 0.717) is 18.1 Å². The van der Waals surface area contributed by atoms with Crippen molar-refractivity contribution in [2.75, 3.05) is 6.54 Å². The molecule has 1 saturated carbocycles. The summed E-state index contributed by atoms with van der Waals surface area (Å²) in [7, 11) is 0. The van der Waals surface area contributed by atoms with E-state index in [4.69, 9.17) is 12.2 Å². The Morgan fingerprint density at radius 3 is 2.67 bits per heavy atom. The number of para-hydroxylation sites is 1. The Balaban J connectivity index is 1.93. The molecule has 0 amide bonds. The molecule has 1 N–H and O–H groups in total. The van der Waals surface area contributed by atoms with Gasteiger partial charge in [0.15, 0.2) is 4.77 Å². The molecule has 0 radical (unpaired) electrons. The van der Waals surface area contributed by atoms with Crippen LogP contribution in [0.25, 0.3) is 11.0 Å². The highest BCUT2D eigenvalue weighted by molar-refractivity contribution is 7.71. The van der Waals surface area contributed by atoms with Gasteiger partial charge in [0, 0.05) is 24.7 Å². The molecule has 1 unspecified atom stereocenters. The zero-order valence-corrected chi connectivity index (χ0v) is 13.8. The molecule has 21 heavy (non-hydrogen) atoms. The van der Waals surface area contributed by atoms with E-state index in [-0.39, 0.29) is 0 Å². The minimum atomic E-state index is 0.399. The number of aromatic amines is 1. The van der Waals surface area contributed by atoms with Crippen molar-refractivity contribution < 1.29 is 0 Å². The van der Waals surface area contributed by atoms with Crippen molar-refractivity contribution in [1.82, 2.24) is 14.5 Å². The highest BCUT2D eigenvalue weighted by Gasteiger charge is 2.36. The molecule has 4 rings (SSSR count). The first-order valence-corrected chi connectivity index (χ1v) is 8.47. The minimum Gasteiger partial charge on any atom is -0.331 e. The number of imidazole rings is 1. The summed E-state index contributed by atoms with van der Waals surface area (Å²) in [6.07, 6.45) is 2.81. The molecule has 112 valence electrons. The van der Waals surface area contributed by atoms with Crippen LogP contribution in [0.15, 0.2) is 18.2 Å². The summed E-state index contributed by atoms with van der Waals surface area (Å²) in [5.41, 5.74) is 3.90. The predicted octanol–water partition coefficient (Wildman–Crippen LogP) is 4.43. The van der Waals surface area contributed by atoms with E-state index < -0.39 is 0 Å². The second kappa shape index (κ2) is 4.68. The second-order valence-electron chi connectivity index (χ2n) is 6.84. The van der Waals surface area contributed by atoms with Crippen LogP contribution in [0, 0.1) is 10.7 Å². The first kappa shape index (κ1) is 13.5.